The van der Waals surface area contributed by atoms with E-state index in [1.54, 1.807) is 66.7 Å². The fourth-order valence-electron chi connectivity index (χ4n) is 4.52. The van der Waals surface area contributed by atoms with Crippen molar-refractivity contribution in [3.05, 3.63) is 107 Å². The number of nitrogens with zero attached hydrogens (tertiary/aromatic N) is 1. The third-order valence-electron chi connectivity index (χ3n) is 6.80. The molecule has 10 nitrogen and oxygen atoms in total. The first-order chi connectivity index (χ1) is 22.8. The van der Waals surface area contributed by atoms with Crippen molar-refractivity contribution in [1.29, 1.82) is 0 Å². The van der Waals surface area contributed by atoms with Crippen LogP contribution in [-0.2, 0) is 9.59 Å². The van der Waals surface area contributed by atoms with E-state index in [4.69, 9.17) is 14.2 Å². The third kappa shape index (κ3) is 8.48. The molecule has 5 rings (SSSR count). The van der Waals surface area contributed by atoms with E-state index < -0.39 is 11.8 Å². The van der Waals surface area contributed by atoms with Crippen molar-refractivity contribution < 1.29 is 28.6 Å². The van der Waals surface area contributed by atoms with E-state index in [2.05, 4.69) is 20.9 Å². The van der Waals surface area contributed by atoms with Crippen LogP contribution in [0.3, 0.4) is 0 Å². The van der Waals surface area contributed by atoms with Crippen LogP contribution >= 0.6 is 23.1 Å². The number of methoxy groups -OCH3 is 3. The molecule has 1 heterocycles. The second kappa shape index (κ2) is 15.3. The Labute approximate surface area is 280 Å². The van der Waals surface area contributed by atoms with Gasteiger partial charge in [0.05, 0.1) is 37.3 Å². The number of fused-ring (bicyclic) bond motifs is 1. The van der Waals surface area contributed by atoms with Gasteiger partial charge >= 0.3 is 0 Å². The van der Waals surface area contributed by atoms with Crippen LogP contribution in [0.15, 0.2) is 95.5 Å². The van der Waals surface area contributed by atoms with E-state index in [-0.39, 0.29) is 17.4 Å². The molecule has 3 amide bonds. The molecule has 0 aliphatic carbocycles. The maximum absolute atomic E-state index is 13.5. The first kappa shape index (κ1) is 33.0. The number of hydrogen-bond donors (Lipinski definition) is 3. The molecule has 0 aliphatic rings. The lowest BCUT2D eigenvalue weighted by atomic mass is 10.1. The molecule has 3 N–H and O–H groups in total. The van der Waals surface area contributed by atoms with E-state index in [1.165, 1.54) is 50.5 Å². The molecule has 1 aromatic heterocycles. The van der Waals surface area contributed by atoms with Crippen LogP contribution < -0.4 is 30.2 Å². The largest absolute Gasteiger partial charge is 0.493 e. The lowest BCUT2D eigenvalue weighted by molar-refractivity contribution is -0.114. The highest BCUT2D eigenvalue weighted by Crippen LogP contribution is 2.38. The van der Waals surface area contributed by atoms with E-state index in [0.29, 0.717) is 39.2 Å². The number of thiazole rings is 1. The number of hydrogen-bond acceptors (Lipinski definition) is 9. The minimum absolute atomic E-state index is 0.00624. The van der Waals surface area contributed by atoms with Gasteiger partial charge in [0.25, 0.3) is 11.8 Å². The predicted molar refractivity (Wildman–Crippen MR) is 187 cm³/mol. The number of thioether (sulfide) groups is 1. The topological polar surface area (TPSA) is 128 Å². The van der Waals surface area contributed by atoms with Gasteiger partial charge in [0.2, 0.25) is 11.7 Å². The fourth-order valence-corrected chi connectivity index (χ4v) is 6.19. The summed E-state index contributed by atoms with van der Waals surface area (Å²) in [6.07, 6.45) is 1.52. The fraction of sp³-hybridized carbons (Fsp3) is 0.143. The van der Waals surface area contributed by atoms with E-state index in [9.17, 15) is 14.4 Å². The van der Waals surface area contributed by atoms with Gasteiger partial charge in [0, 0.05) is 16.1 Å². The molecular formula is C35H32N4O6S2. The van der Waals surface area contributed by atoms with Crippen molar-refractivity contribution >= 4 is 67.9 Å². The van der Waals surface area contributed by atoms with Gasteiger partial charge < -0.3 is 30.2 Å². The van der Waals surface area contributed by atoms with Crippen molar-refractivity contribution in [2.75, 3.05) is 37.7 Å². The normalized spacial score (nSPS) is 11.1. The summed E-state index contributed by atoms with van der Waals surface area (Å²) in [5, 5.41) is 8.99. The summed E-state index contributed by atoms with van der Waals surface area (Å²) in [4.78, 5) is 44.5. The highest BCUT2D eigenvalue weighted by atomic mass is 32.2. The minimum Gasteiger partial charge on any atom is -0.493 e. The first-order valence-corrected chi connectivity index (χ1v) is 16.2. The van der Waals surface area contributed by atoms with Crippen LogP contribution in [0.2, 0.25) is 0 Å². The van der Waals surface area contributed by atoms with Crippen molar-refractivity contribution in [3.63, 3.8) is 0 Å². The lowest BCUT2D eigenvalue weighted by Crippen LogP contribution is -2.30. The number of amides is 3. The van der Waals surface area contributed by atoms with E-state index >= 15 is 0 Å². The average molecular weight is 669 g/mol. The number of benzene rings is 4. The van der Waals surface area contributed by atoms with Gasteiger partial charge in [-0.15, -0.1) is 11.8 Å². The highest BCUT2D eigenvalue weighted by molar-refractivity contribution is 8.00. The Morgan fingerprint density at radius 2 is 1.55 bits per heavy atom. The molecule has 4 aromatic carbocycles. The minimum atomic E-state index is -0.547. The summed E-state index contributed by atoms with van der Waals surface area (Å²) in [7, 11) is 4.48. The molecule has 240 valence electrons. The molecular weight excluding hydrogens is 637 g/mol. The predicted octanol–water partition coefficient (Wildman–Crippen LogP) is 6.77. The second-order valence-corrected chi connectivity index (χ2v) is 12.2. The maximum atomic E-state index is 13.5. The number of rotatable bonds is 12. The van der Waals surface area contributed by atoms with Crippen LogP contribution in [0.4, 0.5) is 10.8 Å². The SMILES string of the molecule is COc1cc(/C=C(\NC(=O)c2ccccc2)C(=O)Nc2ccc(SCC(=O)Nc3nc4ccc(C)cc4s3)cc2)cc(OC)c1OC. The Hall–Kier alpha value is -5.33. The van der Waals surface area contributed by atoms with Crippen molar-refractivity contribution in [2.24, 2.45) is 0 Å². The maximum Gasteiger partial charge on any atom is 0.272 e. The number of carbonyl (C=O) groups is 3. The van der Waals surface area contributed by atoms with E-state index in [0.717, 1.165) is 20.7 Å². The van der Waals surface area contributed by atoms with Gasteiger partial charge in [-0.2, -0.15) is 0 Å². The van der Waals surface area contributed by atoms with E-state index in [1.807, 2.05) is 25.1 Å². The molecule has 0 saturated carbocycles. The summed E-state index contributed by atoms with van der Waals surface area (Å²) in [6.45, 7) is 2.02. The molecule has 0 spiro atoms. The van der Waals surface area contributed by atoms with Crippen LogP contribution in [-0.4, -0.2) is 49.8 Å². The molecule has 0 unspecified atom stereocenters. The Balaban J connectivity index is 1.28. The molecule has 0 bridgehead atoms. The van der Waals surface area contributed by atoms with Crippen LogP contribution in [0.5, 0.6) is 17.2 Å². The lowest BCUT2D eigenvalue weighted by Gasteiger charge is -2.15. The quantitative estimate of drug-likeness (QED) is 0.0982. The summed E-state index contributed by atoms with van der Waals surface area (Å²) in [6, 6.07) is 25.0. The van der Waals surface area contributed by atoms with Gasteiger partial charge in [-0.1, -0.05) is 35.6 Å². The van der Waals surface area contributed by atoms with Crippen LogP contribution in [0.1, 0.15) is 21.5 Å². The smallest absolute Gasteiger partial charge is 0.272 e. The van der Waals surface area contributed by atoms with Crippen molar-refractivity contribution in [1.82, 2.24) is 10.3 Å². The molecule has 0 aliphatic heterocycles. The molecule has 0 fully saturated rings. The van der Waals surface area contributed by atoms with Crippen molar-refractivity contribution in [2.45, 2.75) is 11.8 Å². The number of aromatic nitrogens is 1. The van der Waals surface area contributed by atoms with Gasteiger partial charge in [-0.05, 0) is 84.8 Å². The molecule has 0 atom stereocenters. The molecule has 0 saturated heterocycles. The number of anilines is 2. The first-order valence-electron chi connectivity index (χ1n) is 14.4. The summed E-state index contributed by atoms with van der Waals surface area (Å²) < 4.78 is 17.3. The molecule has 12 heteroatoms. The average Bonchev–Trinajstić information content (AvgIpc) is 3.48. The second-order valence-electron chi connectivity index (χ2n) is 10.1. The zero-order valence-corrected chi connectivity index (χ0v) is 27.7. The standard InChI is InChI=1S/C35H32N4O6S2/c1-21-10-15-26-30(16-21)47-35(38-26)39-31(40)20-46-25-13-11-24(12-14-25)36-34(42)27(37-33(41)23-8-6-5-7-9-23)17-22-18-28(43-2)32(45-4)29(19-22)44-3/h5-19H,20H2,1-4H3,(H,36,42)(H,37,41)(H,38,39,40)/b27-17-. The zero-order valence-electron chi connectivity index (χ0n) is 26.1. The van der Waals surface area contributed by atoms with Gasteiger partial charge in [-0.25, -0.2) is 4.98 Å². The summed E-state index contributed by atoms with van der Waals surface area (Å²) >= 11 is 2.80. The zero-order chi connectivity index (χ0) is 33.3. The highest BCUT2D eigenvalue weighted by Gasteiger charge is 2.18. The summed E-state index contributed by atoms with van der Waals surface area (Å²) in [5.74, 6) is 0.202. The molecule has 5 aromatic rings. The summed E-state index contributed by atoms with van der Waals surface area (Å²) in [5.41, 5.74) is 3.40. The monoisotopic (exact) mass is 668 g/mol. The number of ether oxygens (including phenoxy) is 3. The van der Waals surface area contributed by atoms with Crippen LogP contribution in [0, 0.1) is 6.92 Å². The number of carbonyl (C=O) groups excluding carboxylic acids is 3. The van der Waals surface area contributed by atoms with Gasteiger partial charge in [-0.3, -0.25) is 14.4 Å². The number of aryl methyl sites for hydroxylation is 1. The Bertz CT molecular complexity index is 1920. The Morgan fingerprint density at radius 3 is 2.21 bits per heavy atom. The van der Waals surface area contributed by atoms with Crippen LogP contribution in [0.25, 0.3) is 16.3 Å². The third-order valence-corrected chi connectivity index (χ3v) is 8.74. The Kier molecular flexibility index (Phi) is 10.8. The van der Waals surface area contributed by atoms with Gasteiger partial charge in [0.15, 0.2) is 16.6 Å². The number of nitrogens with one attached hydrogen (secondary N) is 3. The molecule has 47 heavy (non-hydrogen) atoms. The molecule has 0 radical (unpaired) electrons. The van der Waals surface area contributed by atoms with Crippen molar-refractivity contribution in [3.8, 4) is 17.2 Å². The van der Waals surface area contributed by atoms with Gasteiger partial charge in [0.1, 0.15) is 5.70 Å². The Morgan fingerprint density at radius 1 is 0.851 bits per heavy atom.